The van der Waals surface area contributed by atoms with Gasteiger partial charge in [-0.1, -0.05) is 147 Å². The molecule has 6 aromatic rings. The predicted octanol–water partition coefficient (Wildman–Crippen LogP) is 17.0. The fraction of sp³-hybridized carbons (Fsp3) is 0.487. The molecule has 1 aromatic heterocycles. The van der Waals surface area contributed by atoms with Crippen LogP contribution in [0.2, 0.25) is 0 Å². The molecule has 1 aliphatic carbocycles. The Bertz CT molecular complexity index is 4210. The van der Waals surface area contributed by atoms with E-state index in [2.05, 4.69) is 57.9 Å². The van der Waals surface area contributed by atoms with E-state index in [4.69, 9.17) is 33.6 Å². The number of phenols is 1. The third-order valence-electron chi connectivity index (χ3n) is 18.2. The fourth-order valence-electron chi connectivity index (χ4n) is 9.61. The second-order valence-corrected chi connectivity index (χ2v) is 32.3. The number of ketones is 1. The van der Waals surface area contributed by atoms with Crippen LogP contribution in [0.1, 0.15) is 191 Å². The lowest BCUT2D eigenvalue weighted by Crippen LogP contribution is -2.61. The molecule has 2 heterocycles. The molecular weight excluding hydrogens is 1500 g/mol. The van der Waals surface area contributed by atoms with E-state index < -0.39 is 69.4 Å². The number of rotatable bonds is 29. The summed E-state index contributed by atoms with van der Waals surface area (Å²) in [5.74, 6) is -6.28. The number of aromatic hydroxyl groups is 1. The molecule has 8 rings (SSSR count). The summed E-state index contributed by atoms with van der Waals surface area (Å²) in [5, 5.41) is -5.69. The molecule has 3 unspecified atom stereocenters. The maximum atomic E-state index is 14.1. The zero-order valence-corrected chi connectivity index (χ0v) is 64.8. The SMILES string of the molecule is CCC(C)(C)C(=O)Cc1ccc(OS(=O)(=O)C(F)(F)C(F)(F)C(F)(F)S(=O)(=O)[N-]S(=O)(=O)C(F)(F)F)cc1.CCC(C)(C)C(=O)OC(C)(C)C1CCCC1.CCC(C)c1ccc(O)cc1.CCC(C)c1ccc(OC2CCOC2=O)cc1.COc1ccc(COC(=O)c2cc[n+](OCc3ccccc3)cc2)cc1. The molecule has 3 atom stereocenters. The van der Waals surface area contributed by atoms with Crippen LogP contribution in [0.25, 0.3) is 4.13 Å². The molecule has 108 heavy (non-hydrogen) atoms. The van der Waals surface area contributed by atoms with Gasteiger partial charge in [0.1, 0.15) is 41.0 Å². The van der Waals surface area contributed by atoms with Gasteiger partial charge in [-0.15, -0.1) is 0 Å². The largest absolute Gasteiger partial charge is 0.508 e. The van der Waals surface area contributed by atoms with Gasteiger partial charge in [0.25, 0.3) is 0 Å². The number of halogens is 9. The van der Waals surface area contributed by atoms with Gasteiger partial charge in [-0.05, 0) is 160 Å². The maximum Gasteiger partial charge on any atom is 0.480 e. The molecule has 1 aliphatic heterocycles. The minimum Gasteiger partial charge on any atom is -0.508 e. The van der Waals surface area contributed by atoms with Gasteiger partial charge in [-0.25, -0.2) is 26.4 Å². The minimum atomic E-state index is -8.00. The van der Waals surface area contributed by atoms with Crippen LogP contribution in [-0.4, -0.2) is 101 Å². The third-order valence-corrected chi connectivity index (χ3v) is 22.6. The number of methoxy groups -OCH3 is 1. The summed E-state index contributed by atoms with van der Waals surface area (Å²) >= 11 is 0. The summed E-state index contributed by atoms with van der Waals surface area (Å²) in [6.07, 6.45) is 11.8. The van der Waals surface area contributed by atoms with Crippen molar-refractivity contribution in [3.63, 3.8) is 0 Å². The summed E-state index contributed by atoms with van der Waals surface area (Å²) < 4.78 is 220. The van der Waals surface area contributed by atoms with Crippen LogP contribution < -0.4 is 23.2 Å². The number of carbonyl (C=O) groups is 4. The Balaban J connectivity index is 0.000000304. The molecule has 0 amide bonds. The van der Waals surface area contributed by atoms with Crippen LogP contribution in [0.4, 0.5) is 39.5 Å². The van der Waals surface area contributed by atoms with E-state index in [1.54, 1.807) is 69.3 Å². The third kappa shape index (κ3) is 25.8. The molecule has 2 aliphatic rings. The summed E-state index contributed by atoms with van der Waals surface area (Å²) in [6, 6.07) is 38.9. The standard InChI is InChI=1S/C21H20NO4.C17H17F9NO8S3.C14H18O3.C14H26O2.C10H14O/c1-24-20-9-7-18(8-10-20)15-25-21(23)19-11-13-22(14-12-19)26-16-17-5-3-2-4-6-17;1-4-13(2,3)12(28)9-10-5-7-11(8-6-10)35-38(33,34)16(22,23)14(18,19)15(20,21)36(29,30)27-37(31,32)17(24,25)26;1-3-10(2)11-4-6-12(7-5-11)17-13-8-9-16-14(13)15;1-6-13(2,3)12(15)16-14(4,5)11-9-7-8-10-11;1-3-8(2)9-4-6-10(11)7-5-9/h2-14H,15-16H2,1H3;5-8H,4,9H2,1-3H3;4-7,10,13H,3,8-9H2,1-2H3;11H,6-10H2,1-5H3;4-8,11H,3H2,1-2H3/q+1;-1;;;. The number of esters is 3. The van der Waals surface area contributed by atoms with E-state index in [1.807, 2.05) is 99.6 Å². The maximum absolute atomic E-state index is 14.1. The van der Waals surface area contributed by atoms with Gasteiger partial charge in [0.15, 0.2) is 32.8 Å². The van der Waals surface area contributed by atoms with E-state index in [-0.39, 0.29) is 53.3 Å². The monoisotopic (exact) mass is 1590 g/mol. The number of carbonyl (C=O) groups excluding carboxylic acids is 4. The van der Waals surface area contributed by atoms with Crippen molar-refractivity contribution in [1.82, 2.24) is 0 Å². The van der Waals surface area contributed by atoms with E-state index in [9.17, 15) is 83.9 Å². The molecule has 32 heteroatoms. The molecule has 0 radical (unpaired) electrons. The molecule has 1 N–H and O–H groups in total. The number of sulfonamides is 2. The first-order valence-electron chi connectivity index (χ1n) is 34.5. The number of phenolic OH excluding ortho intramolecular Hbond substituents is 1. The van der Waals surface area contributed by atoms with Crippen molar-refractivity contribution in [3.05, 3.63) is 189 Å². The van der Waals surface area contributed by atoms with Crippen molar-refractivity contribution >= 4 is 53.9 Å². The normalized spacial score (nSPS) is 15.1. The first-order valence-corrected chi connectivity index (χ1v) is 38.8. The number of hydrogen-bond donors (Lipinski definition) is 1. The van der Waals surface area contributed by atoms with E-state index >= 15 is 0 Å². The molecule has 2 fully saturated rings. The fourth-order valence-corrected chi connectivity index (χ4v) is 12.8. The van der Waals surface area contributed by atoms with Gasteiger partial charge in [-0.3, -0.25) is 14.4 Å². The van der Waals surface area contributed by atoms with Crippen molar-refractivity contribution in [2.75, 3.05) is 13.7 Å². The topological polar surface area (TPSA) is 274 Å². The van der Waals surface area contributed by atoms with E-state index in [0.29, 0.717) is 71.4 Å². The van der Waals surface area contributed by atoms with Crippen LogP contribution in [0.3, 0.4) is 0 Å². The highest BCUT2D eigenvalue weighted by molar-refractivity contribution is 8.13. The number of hydrogen-bond acceptors (Lipinski definition) is 18. The summed E-state index contributed by atoms with van der Waals surface area (Å²) in [5.41, 5.74) is -2.97. The second-order valence-electron chi connectivity index (χ2n) is 27.3. The van der Waals surface area contributed by atoms with Crippen LogP contribution in [-0.2, 0) is 78.4 Å². The smallest absolute Gasteiger partial charge is 0.480 e. The van der Waals surface area contributed by atoms with Gasteiger partial charge in [0.05, 0.1) is 24.7 Å². The molecule has 5 aromatic carbocycles. The highest BCUT2D eigenvalue weighted by Gasteiger charge is 2.81. The lowest BCUT2D eigenvalue weighted by molar-refractivity contribution is -0.895. The van der Waals surface area contributed by atoms with Crippen LogP contribution >= 0.6 is 0 Å². The minimum absolute atomic E-state index is 0.0492. The van der Waals surface area contributed by atoms with Gasteiger partial charge in [-0.2, -0.15) is 47.9 Å². The Morgan fingerprint density at radius 3 is 1.55 bits per heavy atom. The summed E-state index contributed by atoms with van der Waals surface area (Å²) in [7, 11) is -21.1. The van der Waals surface area contributed by atoms with E-state index in [1.165, 1.54) is 36.8 Å². The van der Waals surface area contributed by atoms with Crippen LogP contribution in [0.5, 0.6) is 23.0 Å². The number of nitrogens with zero attached hydrogens (tertiary/aromatic N) is 2. The quantitative estimate of drug-likeness (QED) is 0.0150. The van der Waals surface area contributed by atoms with Gasteiger partial charge >= 0.3 is 50.0 Å². The number of benzene rings is 5. The van der Waals surface area contributed by atoms with Crippen molar-refractivity contribution in [1.29, 1.82) is 0 Å². The Labute approximate surface area is 626 Å². The highest BCUT2D eigenvalue weighted by Crippen LogP contribution is 2.53. The number of cyclic esters (lactones) is 1. The Kier molecular flexibility index (Phi) is 33.4. The first kappa shape index (κ1) is 91.9. The Morgan fingerprint density at radius 2 is 1.07 bits per heavy atom. The molecule has 20 nitrogen and oxygen atoms in total. The number of ether oxygens (including phenoxy) is 5. The number of aromatic nitrogens is 1. The molecule has 0 bridgehead atoms. The van der Waals surface area contributed by atoms with Crippen LogP contribution in [0.15, 0.2) is 152 Å². The Hall–Kier alpha value is -8.49. The lowest BCUT2D eigenvalue weighted by atomic mass is 9.82. The van der Waals surface area contributed by atoms with Crippen molar-refractivity contribution in [3.8, 4) is 23.0 Å². The molecule has 1 saturated heterocycles. The zero-order chi connectivity index (χ0) is 81.5. The second kappa shape index (κ2) is 39.2. The van der Waals surface area contributed by atoms with Gasteiger partial charge in [0.2, 0.25) is 12.4 Å². The average molecular weight is 1590 g/mol. The Morgan fingerprint density at radius 1 is 0.593 bits per heavy atom. The number of alkyl halides is 9. The molecule has 1 saturated carbocycles. The highest BCUT2D eigenvalue weighted by atomic mass is 32.3. The van der Waals surface area contributed by atoms with Crippen LogP contribution in [0, 0.1) is 16.7 Å². The predicted molar refractivity (Wildman–Crippen MR) is 384 cm³/mol. The van der Waals surface area contributed by atoms with Crippen molar-refractivity contribution in [2.24, 2.45) is 16.7 Å². The van der Waals surface area contributed by atoms with Gasteiger partial charge < -0.3 is 37.1 Å². The molecule has 0 spiro atoms. The molecule has 598 valence electrons. The van der Waals surface area contributed by atoms with E-state index in [0.717, 1.165) is 54.0 Å². The van der Waals surface area contributed by atoms with Gasteiger partial charge in [0, 0.05) is 35.1 Å². The lowest BCUT2D eigenvalue weighted by Gasteiger charge is -2.35. The number of Topliss-reactive ketones (excluding diaryl/α,β-unsaturated/α-hetero) is 1. The average Bonchev–Trinajstić information content (AvgIpc) is 1.36. The first-order chi connectivity index (χ1) is 50.1. The zero-order valence-electron chi connectivity index (χ0n) is 62.3. The van der Waals surface area contributed by atoms with Crippen molar-refractivity contribution < 1.29 is 126 Å². The summed E-state index contributed by atoms with van der Waals surface area (Å²) in [6.45, 7) is 24.8. The van der Waals surface area contributed by atoms with Crippen molar-refractivity contribution in [2.45, 2.75) is 206 Å². The number of pyridine rings is 1. The molecular formula is C76H95F9N2O18S3. The summed E-state index contributed by atoms with van der Waals surface area (Å²) in [4.78, 5) is 53.3.